The lowest BCUT2D eigenvalue weighted by Crippen LogP contribution is -2.67. The first-order valence-electron chi connectivity index (χ1n) is 5.65. The molecule has 1 amide bonds. The van der Waals surface area contributed by atoms with Crippen LogP contribution in [0.25, 0.3) is 0 Å². The van der Waals surface area contributed by atoms with Gasteiger partial charge in [0.2, 0.25) is 0 Å². The van der Waals surface area contributed by atoms with Gasteiger partial charge in [-0.05, 0) is 34.1 Å². The summed E-state index contributed by atoms with van der Waals surface area (Å²) >= 11 is 0. The van der Waals surface area contributed by atoms with Crippen molar-refractivity contribution in [2.45, 2.75) is 45.4 Å². The molecule has 0 aromatic heterocycles. The molecule has 6 nitrogen and oxygen atoms in total. The standard InChI is InChI=1S/C11H20N2O4/c1-10(2,3)17-9(16)12-11(4,8(14)15)13-6-5-7-13/h5-7H2,1-4H3,(H,12,16)(H,14,15)/t11-/m0/s1. The van der Waals surface area contributed by atoms with Crippen molar-refractivity contribution in [2.75, 3.05) is 13.1 Å². The van der Waals surface area contributed by atoms with Gasteiger partial charge in [0.15, 0.2) is 5.66 Å². The third-order valence-corrected chi connectivity index (χ3v) is 2.65. The molecule has 0 spiro atoms. The van der Waals surface area contributed by atoms with E-state index in [1.54, 1.807) is 25.7 Å². The van der Waals surface area contributed by atoms with E-state index in [0.29, 0.717) is 13.1 Å². The van der Waals surface area contributed by atoms with E-state index in [2.05, 4.69) is 5.32 Å². The van der Waals surface area contributed by atoms with E-state index in [4.69, 9.17) is 4.74 Å². The van der Waals surface area contributed by atoms with Crippen LogP contribution in [0.3, 0.4) is 0 Å². The molecule has 0 aromatic rings. The quantitative estimate of drug-likeness (QED) is 0.774. The van der Waals surface area contributed by atoms with Crippen molar-refractivity contribution in [1.82, 2.24) is 10.2 Å². The van der Waals surface area contributed by atoms with Gasteiger partial charge in [0.05, 0.1) is 0 Å². The van der Waals surface area contributed by atoms with Gasteiger partial charge in [-0.15, -0.1) is 0 Å². The summed E-state index contributed by atoms with van der Waals surface area (Å²) in [5, 5.41) is 11.6. The molecule has 1 aliphatic heterocycles. The van der Waals surface area contributed by atoms with Gasteiger partial charge in [-0.1, -0.05) is 0 Å². The Balaban J connectivity index is 2.67. The second-order valence-electron chi connectivity index (χ2n) is 5.34. The van der Waals surface area contributed by atoms with Gasteiger partial charge in [-0.3, -0.25) is 10.2 Å². The molecule has 1 aliphatic rings. The predicted octanol–water partition coefficient (Wildman–Crippen LogP) is 1.02. The SMILES string of the molecule is CC(C)(C)OC(=O)N[C@](C)(C(=O)O)N1CCC1. The number of ether oxygens (including phenoxy) is 1. The molecule has 1 heterocycles. The average molecular weight is 244 g/mol. The smallest absolute Gasteiger partial charge is 0.409 e. The molecule has 0 radical (unpaired) electrons. The summed E-state index contributed by atoms with van der Waals surface area (Å²) in [7, 11) is 0. The monoisotopic (exact) mass is 244 g/mol. The second-order valence-corrected chi connectivity index (χ2v) is 5.34. The maximum Gasteiger partial charge on any atom is 0.409 e. The van der Waals surface area contributed by atoms with Crippen LogP contribution in [0, 0.1) is 0 Å². The molecule has 0 aromatic carbocycles. The molecule has 0 unspecified atom stereocenters. The third-order valence-electron chi connectivity index (χ3n) is 2.65. The summed E-state index contributed by atoms with van der Waals surface area (Å²) in [4.78, 5) is 24.5. The lowest BCUT2D eigenvalue weighted by Gasteiger charge is -2.43. The molecule has 0 aliphatic carbocycles. The van der Waals surface area contributed by atoms with Gasteiger partial charge in [-0.2, -0.15) is 0 Å². The number of nitrogens with zero attached hydrogens (tertiary/aromatic N) is 1. The van der Waals surface area contributed by atoms with Gasteiger partial charge in [0.1, 0.15) is 5.60 Å². The fourth-order valence-corrected chi connectivity index (χ4v) is 1.53. The molecule has 1 rings (SSSR count). The van der Waals surface area contributed by atoms with Crippen molar-refractivity contribution in [3.05, 3.63) is 0 Å². The molecule has 98 valence electrons. The van der Waals surface area contributed by atoms with Gasteiger partial charge in [-0.25, -0.2) is 9.59 Å². The van der Waals surface area contributed by atoms with Crippen molar-refractivity contribution < 1.29 is 19.4 Å². The van der Waals surface area contributed by atoms with E-state index in [-0.39, 0.29) is 0 Å². The first-order chi connectivity index (χ1) is 7.65. The van der Waals surface area contributed by atoms with Crippen LogP contribution < -0.4 is 5.32 Å². The first-order valence-corrected chi connectivity index (χ1v) is 5.65. The fraction of sp³-hybridized carbons (Fsp3) is 0.818. The molecular formula is C11H20N2O4. The number of hydrogen-bond donors (Lipinski definition) is 2. The zero-order chi connectivity index (χ0) is 13.3. The highest BCUT2D eigenvalue weighted by molar-refractivity contribution is 5.83. The Morgan fingerprint density at radius 3 is 2.06 bits per heavy atom. The number of likely N-dealkylation sites (tertiary alicyclic amines) is 1. The number of hydrogen-bond acceptors (Lipinski definition) is 4. The Hall–Kier alpha value is -1.30. The number of carbonyl (C=O) groups excluding carboxylic acids is 1. The van der Waals surface area contributed by atoms with Crippen molar-refractivity contribution in [2.24, 2.45) is 0 Å². The highest BCUT2D eigenvalue weighted by atomic mass is 16.6. The highest BCUT2D eigenvalue weighted by Gasteiger charge is 2.44. The van der Waals surface area contributed by atoms with Gasteiger partial charge in [0, 0.05) is 13.1 Å². The molecule has 17 heavy (non-hydrogen) atoms. The van der Waals surface area contributed by atoms with E-state index >= 15 is 0 Å². The van der Waals surface area contributed by atoms with E-state index < -0.39 is 23.3 Å². The Labute approximate surface area is 101 Å². The third kappa shape index (κ3) is 3.33. The minimum Gasteiger partial charge on any atom is -0.478 e. The Morgan fingerprint density at radius 1 is 1.24 bits per heavy atom. The molecule has 1 atom stereocenters. The molecule has 0 bridgehead atoms. The number of nitrogens with one attached hydrogen (secondary N) is 1. The number of carboxylic acids is 1. The number of carbonyl (C=O) groups is 2. The van der Waals surface area contributed by atoms with Crippen molar-refractivity contribution in [3.8, 4) is 0 Å². The Morgan fingerprint density at radius 2 is 1.76 bits per heavy atom. The molecule has 1 fully saturated rings. The number of rotatable bonds is 3. The van der Waals surface area contributed by atoms with Crippen LogP contribution in [-0.2, 0) is 9.53 Å². The maximum absolute atomic E-state index is 11.6. The average Bonchev–Trinajstić information content (AvgIpc) is 1.94. The van der Waals surface area contributed by atoms with Crippen LogP contribution in [0.1, 0.15) is 34.1 Å². The number of carboxylic acid groups (broad SMARTS) is 1. The van der Waals surface area contributed by atoms with Crippen LogP contribution in [0.4, 0.5) is 4.79 Å². The Bertz CT molecular complexity index is 320. The maximum atomic E-state index is 11.6. The summed E-state index contributed by atoms with van der Waals surface area (Å²) in [5.41, 5.74) is -2.03. The molecule has 0 saturated carbocycles. The zero-order valence-electron chi connectivity index (χ0n) is 10.7. The minimum absolute atomic E-state index is 0.640. The van der Waals surface area contributed by atoms with Crippen molar-refractivity contribution in [3.63, 3.8) is 0 Å². The van der Waals surface area contributed by atoms with E-state index in [9.17, 15) is 14.7 Å². The van der Waals surface area contributed by atoms with E-state index in [1.807, 2.05) is 0 Å². The predicted molar refractivity (Wildman–Crippen MR) is 61.6 cm³/mol. The largest absolute Gasteiger partial charge is 0.478 e. The van der Waals surface area contributed by atoms with E-state index in [0.717, 1.165) is 6.42 Å². The van der Waals surface area contributed by atoms with Crippen molar-refractivity contribution in [1.29, 1.82) is 0 Å². The van der Waals surface area contributed by atoms with Crippen molar-refractivity contribution >= 4 is 12.1 Å². The number of amides is 1. The summed E-state index contributed by atoms with van der Waals surface area (Å²) < 4.78 is 5.06. The summed E-state index contributed by atoms with van der Waals surface area (Å²) in [5.74, 6) is -1.08. The fourth-order valence-electron chi connectivity index (χ4n) is 1.53. The molecular weight excluding hydrogens is 224 g/mol. The van der Waals surface area contributed by atoms with Gasteiger partial charge >= 0.3 is 12.1 Å². The minimum atomic E-state index is -1.39. The number of alkyl carbamates (subject to hydrolysis) is 1. The van der Waals surface area contributed by atoms with Crippen LogP contribution in [0.2, 0.25) is 0 Å². The molecule has 1 saturated heterocycles. The Kier molecular flexibility index (Phi) is 3.66. The second kappa shape index (κ2) is 4.52. The van der Waals surface area contributed by atoms with Gasteiger partial charge < -0.3 is 9.84 Å². The lowest BCUT2D eigenvalue weighted by atomic mass is 10.1. The van der Waals surface area contributed by atoms with Crippen LogP contribution >= 0.6 is 0 Å². The zero-order valence-corrected chi connectivity index (χ0v) is 10.7. The van der Waals surface area contributed by atoms with Crippen LogP contribution in [-0.4, -0.2) is 46.4 Å². The molecule has 6 heteroatoms. The lowest BCUT2D eigenvalue weighted by molar-refractivity contribution is -0.156. The first kappa shape index (κ1) is 13.8. The summed E-state index contributed by atoms with van der Waals surface area (Å²) in [6, 6.07) is 0. The topological polar surface area (TPSA) is 78.9 Å². The highest BCUT2D eigenvalue weighted by Crippen LogP contribution is 2.20. The normalized spacial score (nSPS) is 20.0. The molecule has 2 N–H and O–H groups in total. The summed E-state index contributed by atoms with van der Waals surface area (Å²) in [6.45, 7) is 7.99. The van der Waals surface area contributed by atoms with E-state index in [1.165, 1.54) is 6.92 Å². The van der Waals surface area contributed by atoms with Crippen LogP contribution in [0.5, 0.6) is 0 Å². The number of aliphatic carboxylic acids is 1. The van der Waals surface area contributed by atoms with Gasteiger partial charge in [0.25, 0.3) is 0 Å². The van der Waals surface area contributed by atoms with Crippen LogP contribution in [0.15, 0.2) is 0 Å². The summed E-state index contributed by atoms with van der Waals surface area (Å²) in [6.07, 6.45) is 0.230.